The van der Waals surface area contributed by atoms with Gasteiger partial charge in [-0.25, -0.2) is 0 Å². The molecule has 0 heterocycles. The van der Waals surface area contributed by atoms with Gasteiger partial charge in [-0.1, -0.05) is 61.8 Å². The van der Waals surface area contributed by atoms with Crippen LogP contribution in [-0.2, 0) is 0 Å². The van der Waals surface area contributed by atoms with Gasteiger partial charge >= 0.3 is 0 Å². The molecule has 0 radical (unpaired) electrons. The Labute approximate surface area is 92.5 Å². The topological polar surface area (TPSA) is 0 Å². The van der Waals surface area contributed by atoms with Gasteiger partial charge in [0.05, 0.1) is 0 Å². The van der Waals surface area contributed by atoms with Gasteiger partial charge in [0.25, 0.3) is 0 Å². The van der Waals surface area contributed by atoms with Crippen molar-refractivity contribution in [3.8, 4) is 0 Å². The summed E-state index contributed by atoms with van der Waals surface area (Å²) in [5.41, 5.74) is 0. The van der Waals surface area contributed by atoms with Gasteiger partial charge in [-0.05, 0) is 30.1 Å². The van der Waals surface area contributed by atoms with Crippen molar-refractivity contribution in [3.05, 3.63) is 0 Å². The molecule has 0 aliphatic carbocycles. The average molecular weight is 200 g/mol. The lowest BCUT2D eigenvalue weighted by atomic mass is 9.81. The van der Waals surface area contributed by atoms with Gasteiger partial charge in [-0.3, -0.25) is 0 Å². The Morgan fingerprint density at radius 1 is 0.786 bits per heavy atom. The SMILES string of the molecule is CC.CCC(CC(C)C(C)C)C(C)C. The first kappa shape index (κ1) is 16.4. The van der Waals surface area contributed by atoms with Gasteiger partial charge in [0.2, 0.25) is 0 Å². The zero-order chi connectivity index (χ0) is 11.7. The van der Waals surface area contributed by atoms with E-state index >= 15 is 0 Å². The largest absolute Gasteiger partial charge is 0.0683 e. The van der Waals surface area contributed by atoms with Crippen molar-refractivity contribution in [1.82, 2.24) is 0 Å². The molecule has 0 N–H and O–H groups in total. The molecule has 2 unspecified atom stereocenters. The summed E-state index contributed by atoms with van der Waals surface area (Å²) in [5, 5.41) is 0. The monoisotopic (exact) mass is 200 g/mol. The lowest BCUT2D eigenvalue weighted by Gasteiger charge is -2.25. The van der Waals surface area contributed by atoms with Gasteiger partial charge in [-0.15, -0.1) is 0 Å². The Morgan fingerprint density at radius 3 is 1.43 bits per heavy atom. The van der Waals surface area contributed by atoms with E-state index in [0.29, 0.717) is 0 Å². The van der Waals surface area contributed by atoms with Crippen molar-refractivity contribution in [2.45, 2.75) is 68.2 Å². The van der Waals surface area contributed by atoms with E-state index < -0.39 is 0 Å². The fraction of sp³-hybridized carbons (Fsp3) is 1.00. The molecule has 0 aromatic rings. The normalized spacial score (nSPS) is 15.0. The predicted octanol–water partition coefficient (Wildman–Crippen LogP) is 5.38. The van der Waals surface area contributed by atoms with Crippen LogP contribution < -0.4 is 0 Å². The van der Waals surface area contributed by atoms with E-state index in [2.05, 4.69) is 41.5 Å². The Bertz CT molecular complexity index is 103. The Morgan fingerprint density at radius 2 is 1.21 bits per heavy atom. The van der Waals surface area contributed by atoms with E-state index in [1.54, 1.807) is 0 Å². The first-order valence-electron chi connectivity index (χ1n) is 6.49. The number of hydrogen-bond donors (Lipinski definition) is 0. The van der Waals surface area contributed by atoms with Gasteiger partial charge in [0, 0.05) is 0 Å². The Hall–Kier alpha value is 0. The fourth-order valence-corrected chi connectivity index (χ4v) is 1.66. The summed E-state index contributed by atoms with van der Waals surface area (Å²) in [6, 6.07) is 0. The molecule has 2 atom stereocenters. The maximum Gasteiger partial charge on any atom is -0.0391 e. The summed E-state index contributed by atoms with van der Waals surface area (Å²) >= 11 is 0. The van der Waals surface area contributed by atoms with Crippen LogP contribution in [0.15, 0.2) is 0 Å². The number of rotatable bonds is 5. The Balaban J connectivity index is 0. The third kappa shape index (κ3) is 7.41. The van der Waals surface area contributed by atoms with E-state index in [9.17, 15) is 0 Å². The number of hydrogen-bond acceptors (Lipinski definition) is 0. The molecule has 0 bridgehead atoms. The highest BCUT2D eigenvalue weighted by atomic mass is 14.2. The molecule has 0 spiro atoms. The zero-order valence-corrected chi connectivity index (χ0v) is 11.7. The summed E-state index contributed by atoms with van der Waals surface area (Å²) in [5.74, 6) is 3.52. The zero-order valence-electron chi connectivity index (χ0n) is 11.7. The molecule has 0 saturated heterocycles. The summed E-state index contributed by atoms with van der Waals surface area (Å²) < 4.78 is 0. The van der Waals surface area contributed by atoms with E-state index in [1.807, 2.05) is 13.8 Å². The predicted molar refractivity (Wildman–Crippen MR) is 68.6 cm³/mol. The minimum atomic E-state index is 0.845. The fourth-order valence-electron chi connectivity index (χ4n) is 1.66. The van der Waals surface area contributed by atoms with Gasteiger partial charge < -0.3 is 0 Å². The molecule has 0 rings (SSSR count). The molecule has 0 aliphatic rings. The van der Waals surface area contributed by atoms with Crippen LogP contribution >= 0.6 is 0 Å². The van der Waals surface area contributed by atoms with Crippen LogP contribution in [0.5, 0.6) is 0 Å². The molecule has 0 aliphatic heterocycles. The van der Waals surface area contributed by atoms with Gasteiger partial charge in [0.15, 0.2) is 0 Å². The van der Waals surface area contributed by atoms with Crippen molar-refractivity contribution in [2.24, 2.45) is 23.7 Å². The molecule has 0 fully saturated rings. The second kappa shape index (κ2) is 9.55. The van der Waals surface area contributed by atoms with Crippen LogP contribution in [0, 0.1) is 23.7 Å². The van der Waals surface area contributed by atoms with E-state index in [-0.39, 0.29) is 0 Å². The van der Waals surface area contributed by atoms with Crippen molar-refractivity contribution < 1.29 is 0 Å². The van der Waals surface area contributed by atoms with E-state index in [0.717, 1.165) is 23.7 Å². The maximum absolute atomic E-state index is 2.38. The second-order valence-electron chi connectivity index (χ2n) is 4.87. The average Bonchev–Trinajstić information content (AvgIpc) is 2.16. The standard InChI is InChI=1S/C12H26.C2H6/c1-7-12(10(4)5)8-11(6)9(2)3;1-2/h9-12H,7-8H2,1-6H3;1-2H3. The van der Waals surface area contributed by atoms with Crippen LogP contribution in [-0.4, -0.2) is 0 Å². The third-order valence-corrected chi connectivity index (χ3v) is 3.28. The van der Waals surface area contributed by atoms with E-state index in [1.165, 1.54) is 12.8 Å². The second-order valence-corrected chi connectivity index (χ2v) is 4.87. The molecule has 14 heavy (non-hydrogen) atoms. The molecular formula is C14H32. The van der Waals surface area contributed by atoms with Crippen LogP contribution in [0.25, 0.3) is 0 Å². The molecule has 0 saturated carbocycles. The summed E-state index contributed by atoms with van der Waals surface area (Å²) in [4.78, 5) is 0. The maximum atomic E-state index is 2.38. The molecule has 88 valence electrons. The van der Waals surface area contributed by atoms with Crippen LogP contribution in [0.2, 0.25) is 0 Å². The van der Waals surface area contributed by atoms with Gasteiger partial charge in [0.1, 0.15) is 0 Å². The molecule has 0 aromatic heterocycles. The smallest absolute Gasteiger partial charge is 0.0391 e. The van der Waals surface area contributed by atoms with Crippen LogP contribution in [0.4, 0.5) is 0 Å². The molecule has 0 heteroatoms. The summed E-state index contributed by atoms with van der Waals surface area (Å²) in [7, 11) is 0. The quantitative estimate of drug-likeness (QED) is 0.559. The third-order valence-electron chi connectivity index (χ3n) is 3.28. The molecular weight excluding hydrogens is 168 g/mol. The molecule has 0 nitrogen and oxygen atoms in total. The van der Waals surface area contributed by atoms with E-state index in [4.69, 9.17) is 0 Å². The van der Waals surface area contributed by atoms with Crippen LogP contribution in [0.1, 0.15) is 68.2 Å². The van der Waals surface area contributed by atoms with Crippen molar-refractivity contribution in [3.63, 3.8) is 0 Å². The highest BCUT2D eigenvalue weighted by Crippen LogP contribution is 2.26. The Kier molecular flexibility index (Phi) is 11.2. The van der Waals surface area contributed by atoms with Crippen molar-refractivity contribution in [2.75, 3.05) is 0 Å². The lowest BCUT2D eigenvalue weighted by Crippen LogP contribution is -2.15. The lowest BCUT2D eigenvalue weighted by molar-refractivity contribution is 0.260. The highest BCUT2D eigenvalue weighted by Gasteiger charge is 2.16. The minimum absolute atomic E-state index is 0.845. The highest BCUT2D eigenvalue weighted by molar-refractivity contribution is 4.67. The van der Waals surface area contributed by atoms with Crippen LogP contribution in [0.3, 0.4) is 0 Å². The first-order valence-corrected chi connectivity index (χ1v) is 6.49. The summed E-state index contributed by atoms with van der Waals surface area (Å²) in [6.45, 7) is 18.1. The summed E-state index contributed by atoms with van der Waals surface area (Å²) in [6.07, 6.45) is 2.75. The molecule has 0 amide bonds. The van der Waals surface area contributed by atoms with Crippen molar-refractivity contribution in [1.29, 1.82) is 0 Å². The molecule has 0 aromatic carbocycles. The van der Waals surface area contributed by atoms with Crippen molar-refractivity contribution >= 4 is 0 Å². The van der Waals surface area contributed by atoms with Gasteiger partial charge in [-0.2, -0.15) is 0 Å². The first-order chi connectivity index (χ1) is 6.49. The minimum Gasteiger partial charge on any atom is -0.0683 e.